The summed E-state index contributed by atoms with van der Waals surface area (Å²) in [7, 11) is 0. The number of ether oxygens (including phenoxy) is 1. The predicted octanol–water partition coefficient (Wildman–Crippen LogP) is 3.22. The number of aromatic nitrogens is 1. The van der Waals surface area contributed by atoms with Gasteiger partial charge < -0.3 is 31.1 Å². The summed E-state index contributed by atoms with van der Waals surface area (Å²) < 4.78 is 5.75. The van der Waals surface area contributed by atoms with Crippen LogP contribution in [-0.4, -0.2) is 52.1 Å². The highest BCUT2D eigenvalue weighted by Gasteiger charge is 2.23. The molecule has 6 N–H and O–H groups in total. The molecule has 1 aromatic carbocycles. The summed E-state index contributed by atoms with van der Waals surface area (Å²) in [6, 6.07) is 10.8. The lowest BCUT2D eigenvalue weighted by molar-refractivity contribution is -0.131. The van der Waals surface area contributed by atoms with Crippen LogP contribution < -0.4 is 16.4 Å². The van der Waals surface area contributed by atoms with Gasteiger partial charge in [0.25, 0.3) is 5.91 Å². The Hall–Kier alpha value is -3.53. The quantitative estimate of drug-likeness (QED) is 0.233. The Kier molecular flexibility index (Phi) is 9.97. The van der Waals surface area contributed by atoms with Gasteiger partial charge in [-0.3, -0.25) is 15.2 Å². The molecule has 35 heavy (non-hydrogen) atoms. The third-order valence-electron chi connectivity index (χ3n) is 5.70. The highest BCUT2D eigenvalue weighted by atomic mass is 16.5. The van der Waals surface area contributed by atoms with Crippen LogP contribution in [-0.2, 0) is 16.1 Å². The molecule has 1 heterocycles. The molecule has 9 heteroatoms. The van der Waals surface area contributed by atoms with Crippen molar-refractivity contribution in [2.24, 2.45) is 5.73 Å². The average molecular weight is 479 g/mol. The molecule has 0 saturated heterocycles. The number of carbonyl (C=O) groups excluding carboxylic acids is 1. The Morgan fingerprint density at radius 1 is 1.23 bits per heavy atom. The number of nitrogens with one attached hydrogen (secondary N) is 3. The van der Waals surface area contributed by atoms with E-state index in [1.807, 2.05) is 35.4 Å². The van der Waals surface area contributed by atoms with Gasteiger partial charge in [0.15, 0.2) is 6.10 Å². The molecule has 2 aromatic rings. The molecule has 0 bridgehead atoms. The van der Waals surface area contributed by atoms with Gasteiger partial charge in [0.2, 0.25) is 0 Å². The van der Waals surface area contributed by atoms with Gasteiger partial charge in [-0.1, -0.05) is 17.7 Å². The Labute approximate surface area is 206 Å². The zero-order valence-corrected chi connectivity index (χ0v) is 20.0. The van der Waals surface area contributed by atoms with Crippen LogP contribution in [0.2, 0.25) is 0 Å². The lowest BCUT2D eigenvalue weighted by Gasteiger charge is -2.26. The summed E-state index contributed by atoms with van der Waals surface area (Å²) >= 11 is 0. The van der Waals surface area contributed by atoms with Crippen molar-refractivity contribution in [3.63, 3.8) is 0 Å². The van der Waals surface area contributed by atoms with Crippen molar-refractivity contribution in [1.82, 2.24) is 9.88 Å². The maximum atomic E-state index is 12.4. The molecule has 9 nitrogen and oxygen atoms in total. The Morgan fingerprint density at radius 3 is 2.57 bits per heavy atom. The number of amides is 1. The smallest absolute Gasteiger partial charge is 0.255 e. The van der Waals surface area contributed by atoms with Gasteiger partial charge in [-0.2, -0.15) is 0 Å². The molecule has 186 valence electrons. The monoisotopic (exact) mass is 478 g/mol. The van der Waals surface area contributed by atoms with Crippen molar-refractivity contribution in [3.05, 3.63) is 78.4 Å². The van der Waals surface area contributed by atoms with E-state index in [1.165, 1.54) is 5.57 Å². The van der Waals surface area contributed by atoms with Crippen LogP contribution in [0.4, 0.5) is 11.4 Å². The second-order valence-electron chi connectivity index (χ2n) is 8.34. The molecule has 2 atom stereocenters. The van der Waals surface area contributed by atoms with Gasteiger partial charge >= 0.3 is 0 Å². The van der Waals surface area contributed by atoms with Crippen LogP contribution in [0.1, 0.15) is 31.7 Å². The summed E-state index contributed by atoms with van der Waals surface area (Å²) in [5, 5.41) is 24.7. The van der Waals surface area contributed by atoms with E-state index in [4.69, 9.17) is 15.9 Å². The highest BCUT2D eigenvalue weighted by molar-refractivity contribution is 5.94. The minimum absolute atomic E-state index is 0.245. The largest absolute Gasteiger partial charge is 0.381 e. The number of amidine groups is 1. The molecular weight excluding hydrogens is 444 g/mol. The molecule has 2 unspecified atom stereocenters. The van der Waals surface area contributed by atoms with Gasteiger partial charge in [-0.25, -0.2) is 0 Å². The number of aliphatic hydroxyl groups is 1. The highest BCUT2D eigenvalue weighted by Crippen LogP contribution is 2.25. The number of allylic oxidation sites excluding steroid dienone is 1. The Morgan fingerprint density at radius 2 is 1.94 bits per heavy atom. The van der Waals surface area contributed by atoms with Crippen LogP contribution in [0, 0.1) is 5.41 Å². The number of hydrogen-bond donors (Lipinski definition) is 5. The molecule has 0 radical (unpaired) electrons. The number of nitrogens with zero attached hydrogens (tertiary/aromatic N) is 2. The number of aliphatic hydroxyl groups excluding tert-OH is 1. The van der Waals surface area contributed by atoms with Crippen LogP contribution in [0.5, 0.6) is 0 Å². The molecule has 1 aliphatic rings. The third-order valence-corrected chi connectivity index (χ3v) is 5.70. The number of nitrogens with two attached hydrogens (primary N) is 1. The maximum Gasteiger partial charge on any atom is 0.255 e. The van der Waals surface area contributed by atoms with Gasteiger partial charge in [-0.15, -0.1) is 0 Å². The minimum Gasteiger partial charge on any atom is -0.381 e. The number of rotatable bonds is 12. The van der Waals surface area contributed by atoms with Crippen molar-refractivity contribution >= 4 is 23.1 Å². The van der Waals surface area contributed by atoms with E-state index in [0.29, 0.717) is 24.6 Å². The molecule has 0 spiro atoms. The fraction of sp³-hybridized carbons (Fsp3) is 0.346. The van der Waals surface area contributed by atoms with Crippen molar-refractivity contribution in [3.8, 4) is 0 Å². The summed E-state index contributed by atoms with van der Waals surface area (Å²) in [5.41, 5.74) is 9.30. The van der Waals surface area contributed by atoms with Gasteiger partial charge in [0, 0.05) is 49.3 Å². The van der Waals surface area contributed by atoms with Crippen molar-refractivity contribution in [2.45, 2.75) is 44.9 Å². The summed E-state index contributed by atoms with van der Waals surface area (Å²) in [6.45, 7) is 2.74. The van der Waals surface area contributed by atoms with E-state index >= 15 is 0 Å². The first kappa shape index (κ1) is 26.1. The van der Waals surface area contributed by atoms with Gasteiger partial charge in [0.1, 0.15) is 5.84 Å². The molecule has 3 rings (SSSR count). The Balaban J connectivity index is 1.49. The predicted molar refractivity (Wildman–Crippen MR) is 138 cm³/mol. The van der Waals surface area contributed by atoms with E-state index < -0.39 is 18.1 Å². The lowest BCUT2D eigenvalue weighted by Crippen LogP contribution is -2.39. The van der Waals surface area contributed by atoms with Crippen LogP contribution in [0.25, 0.3) is 0 Å². The normalized spacial score (nSPS) is 14.7. The fourth-order valence-corrected chi connectivity index (χ4v) is 3.33. The van der Waals surface area contributed by atoms with Crippen molar-refractivity contribution in [2.75, 3.05) is 23.8 Å². The molecule has 1 saturated carbocycles. The van der Waals surface area contributed by atoms with Crippen molar-refractivity contribution in [1.29, 1.82) is 5.41 Å². The second-order valence-corrected chi connectivity index (χ2v) is 8.34. The molecular formula is C26H34N6O3. The fourth-order valence-electron chi connectivity index (χ4n) is 3.33. The Bertz CT molecular complexity index is 1020. The van der Waals surface area contributed by atoms with Crippen molar-refractivity contribution < 1.29 is 14.6 Å². The number of carbonyl (C=O) groups is 1. The van der Waals surface area contributed by atoms with Crippen LogP contribution in [0.15, 0.2) is 72.8 Å². The van der Waals surface area contributed by atoms with E-state index in [2.05, 4.69) is 15.6 Å². The number of anilines is 2. The van der Waals surface area contributed by atoms with E-state index in [1.54, 1.807) is 43.7 Å². The zero-order chi connectivity index (χ0) is 25.0. The first-order valence-corrected chi connectivity index (χ1v) is 11.7. The van der Waals surface area contributed by atoms with E-state index in [0.717, 1.165) is 30.5 Å². The minimum atomic E-state index is -1.33. The summed E-state index contributed by atoms with van der Waals surface area (Å²) in [4.78, 5) is 18.2. The molecule has 1 fully saturated rings. The molecule has 1 amide bonds. The lowest BCUT2D eigenvalue weighted by atomic mass is 9.93. The number of hydrogen-bond acceptors (Lipinski definition) is 7. The SMILES string of the molecule is CC(OCCN(C=C1CCC1)C(=N)/C=C\Nc1ccncc1)C(O)C(=O)Nc1ccc(CN)cc1. The van der Waals surface area contributed by atoms with Crippen LogP contribution in [0.3, 0.4) is 0 Å². The number of pyridine rings is 1. The number of benzene rings is 1. The summed E-state index contributed by atoms with van der Waals surface area (Å²) in [5.74, 6) is -0.231. The maximum absolute atomic E-state index is 12.4. The topological polar surface area (TPSA) is 137 Å². The summed E-state index contributed by atoms with van der Waals surface area (Å²) in [6.07, 6.45) is 9.96. The van der Waals surface area contributed by atoms with Gasteiger partial charge in [0.05, 0.1) is 12.7 Å². The molecule has 0 aliphatic heterocycles. The van der Waals surface area contributed by atoms with E-state index in [-0.39, 0.29) is 6.61 Å². The second kappa shape index (κ2) is 13.4. The first-order valence-electron chi connectivity index (χ1n) is 11.7. The van der Waals surface area contributed by atoms with Gasteiger partial charge in [-0.05, 0) is 62.1 Å². The molecule has 1 aromatic heterocycles. The molecule has 1 aliphatic carbocycles. The third kappa shape index (κ3) is 8.32. The standard InChI is InChI=1S/C26H34N6O3/c1-19(25(33)26(34)31-23-7-5-20(17-27)6-8-23)35-16-15-32(18-21-3-2-4-21)24(28)11-14-30-22-9-12-29-13-10-22/h5-14,18-19,25,28,33H,2-4,15-17,27H2,1H3,(H,29,30)(H,31,34)/b14-11-,28-24?. The first-order chi connectivity index (χ1) is 17.0. The van der Waals surface area contributed by atoms with Crippen LogP contribution >= 0.6 is 0 Å². The zero-order valence-electron chi connectivity index (χ0n) is 20.0. The average Bonchev–Trinajstić information content (AvgIpc) is 2.85. The van der Waals surface area contributed by atoms with E-state index in [9.17, 15) is 9.90 Å².